The van der Waals surface area contributed by atoms with Gasteiger partial charge < -0.3 is 15.8 Å². The Morgan fingerprint density at radius 2 is 2.00 bits per heavy atom. The summed E-state index contributed by atoms with van der Waals surface area (Å²) in [7, 11) is 0. The van der Waals surface area contributed by atoms with E-state index in [0.717, 1.165) is 32.5 Å². The predicted octanol–water partition coefficient (Wildman–Crippen LogP) is 0.908. The molecule has 0 aliphatic heterocycles. The first-order valence-corrected chi connectivity index (χ1v) is 5.01. The number of unbranched alkanes of at least 4 members (excludes halogenated alkanes) is 1. The maximum atomic E-state index is 5.27. The van der Waals surface area contributed by atoms with Gasteiger partial charge in [-0.25, -0.2) is 0 Å². The molecule has 3 heteroatoms. The lowest BCUT2D eigenvalue weighted by Gasteiger charge is -2.04. The van der Waals surface area contributed by atoms with Gasteiger partial charge in [-0.05, 0) is 32.4 Å². The quantitative estimate of drug-likeness (QED) is 0.394. The smallest absolute Gasteiger partial charge is 0.0588 e. The van der Waals surface area contributed by atoms with Crippen LogP contribution in [0.25, 0.3) is 0 Å². The van der Waals surface area contributed by atoms with Crippen molar-refractivity contribution in [1.29, 1.82) is 0 Å². The molecule has 0 aromatic carbocycles. The van der Waals surface area contributed by atoms with Gasteiger partial charge in [0, 0.05) is 13.2 Å². The fourth-order valence-electron chi connectivity index (χ4n) is 0.981. The Kier molecular flexibility index (Phi) is 11.3. The van der Waals surface area contributed by atoms with Gasteiger partial charge in [0.05, 0.1) is 6.61 Å². The normalized spacial score (nSPS) is 10.2. The molecule has 3 N–H and O–H groups in total. The lowest BCUT2D eigenvalue weighted by molar-refractivity contribution is 0.139. The predicted molar refractivity (Wildman–Crippen MR) is 56.8 cm³/mol. The second-order valence-electron chi connectivity index (χ2n) is 2.94. The molecular weight excluding hydrogens is 164 g/mol. The van der Waals surface area contributed by atoms with Crippen LogP contribution >= 0.6 is 0 Å². The molecule has 0 saturated carbocycles. The van der Waals surface area contributed by atoms with Crippen LogP contribution in [0.2, 0.25) is 0 Å². The molecule has 0 amide bonds. The van der Waals surface area contributed by atoms with Crippen molar-refractivity contribution in [3.05, 3.63) is 12.7 Å². The lowest BCUT2D eigenvalue weighted by atomic mass is 10.3. The zero-order chi connectivity index (χ0) is 9.78. The summed E-state index contributed by atoms with van der Waals surface area (Å²) in [5.74, 6) is 0. The van der Waals surface area contributed by atoms with Crippen molar-refractivity contribution in [2.75, 3.05) is 32.8 Å². The summed E-state index contributed by atoms with van der Waals surface area (Å²) in [5.41, 5.74) is 5.27. The van der Waals surface area contributed by atoms with Crippen LogP contribution in [0.1, 0.15) is 19.3 Å². The third-order valence-electron chi connectivity index (χ3n) is 1.67. The van der Waals surface area contributed by atoms with Crippen molar-refractivity contribution in [2.45, 2.75) is 19.3 Å². The number of nitrogens with two attached hydrogens (primary N) is 1. The van der Waals surface area contributed by atoms with E-state index in [4.69, 9.17) is 10.5 Å². The monoisotopic (exact) mass is 186 g/mol. The number of allylic oxidation sites excluding steroid dienone is 1. The molecule has 0 aromatic heterocycles. The molecule has 0 fully saturated rings. The highest BCUT2D eigenvalue weighted by atomic mass is 16.5. The molecule has 0 radical (unpaired) electrons. The van der Waals surface area contributed by atoms with Crippen molar-refractivity contribution < 1.29 is 4.74 Å². The molecule has 0 unspecified atom stereocenters. The third kappa shape index (κ3) is 11.6. The summed E-state index contributed by atoms with van der Waals surface area (Å²) in [5, 5.41) is 3.34. The van der Waals surface area contributed by atoms with Crippen molar-refractivity contribution in [3.63, 3.8) is 0 Å². The van der Waals surface area contributed by atoms with Gasteiger partial charge in [0.25, 0.3) is 0 Å². The summed E-state index contributed by atoms with van der Waals surface area (Å²) < 4.78 is 5.23. The highest BCUT2D eigenvalue weighted by molar-refractivity contribution is 4.66. The fraction of sp³-hybridized carbons (Fsp3) is 0.800. The van der Waals surface area contributed by atoms with Crippen LogP contribution in [0.5, 0.6) is 0 Å². The van der Waals surface area contributed by atoms with Crippen LogP contribution in [-0.2, 0) is 4.74 Å². The second-order valence-corrected chi connectivity index (χ2v) is 2.94. The molecule has 3 nitrogen and oxygen atoms in total. The summed E-state index contributed by atoms with van der Waals surface area (Å²) >= 11 is 0. The molecule has 0 spiro atoms. The van der Waals surface area contributed by atoms with Gasteiger partial charge in [-0.3, -0.25) is 0 Å². The first kappa shape index (κ1) is 12.6. The Labute approximate surface area is 81.3 Å². The first-order chi connectivity index (χ1) is 6.41. The van der Waals surface area contributed by atoms with Gasteiger partial charge in [0.15, 0.2) is 0 Å². The summed E-state index contributed by atoms with van der Waals surface area (Å²) in [6.07, 6.45) is 5.28. The summed E-state index contributed by atoms with van der Waals surface area (Å²) in [6.45, 7) is 7.88. The summed E-state index contributed by atoms with van der Waals surface area (Å²) in [6, 6.07) is 0. The Morgan fingerprint density at radius 1 is 1.23 bits per heavy atom. The van der Waals surface area contributed by atoms with Gasteiger partial charge in [-0.2, -0.15) is 0 Å². The van der Waals surface area contributed by atoms with Gasteiger partial charge >= 0.3 is 0 Å². The number of ether oxygens (including phenoxy) is 1. The van der Waals surface area contributed by atoms with Crippen molar-refractivity contribution in [3.8, 4) is 0 Å². The standard InChI is InChI=1S/C10H22N2O/c1-2-3-4-7-12-8-5-9-13-10-6-11/h2,12H,1,3-11H2. The van der Waals surface area contributed by atoms with Crippen molar-refractivity contribution >= 4 is 0 Å². The van der Waals surface area contributed by atoms with Crippen LogP contribution in [0.15, 0.2) is 12.7 Å². The van der Waals surface area contributed by atoms with E-state index in [2.05, 4.69) is 11.9 Å². The Balaban J connectivity index is 2.79. The van der Waals surface area contributed by atoms with Crippen LogP contribution in [0.3, 0.4) is 0 Å². The molecule has 0 aromatic rings. The average Bonchev–Trinajstić information content (AvgIpc) is 2.16. The topological polar surface area (TPSA) is 47.3 Å². The largest absolute Gasteiger partial charge is 0.380 e. The van der Waals surface area contributed by atoms with E-state index >= 15 is 0 Å². The number of hydrogen-bond donors (Lipinski definition) is 2. The Hall–Kier alpha value is -0.380. The zero-order valence-electron chi connectivity index (χ0n) is 8.43. The van der Waals surface area contributed by atoms with Crippen molar-refractivity contribution in [1.82, 2.24) is 5.32 Å². The molecule has 0 aliphatic carbocycles. The Bertz CT molecular complexity index is 107. The van der Waals surface area contributed by atoms with Crippen LogP contribution in [-0.4, -0.2) is 32.8 Å². The average molecular weight is 186 g/mol. The molecule has 0 bridgehead atoms. The molecule has 0 rings (SSSR count). The van der Waals surface area contributed by atoms with E-state index in [9.17, 15) is 0 Å². The van der Waals surface area contributed by atoms with E-state index in [0.29, 0.717) is 13.2 Å². The maximum Gasteiger partial charge on any atom is 0.0588 e. The van der Waals surface area contributed by atoms with E-state index < -0.39 is 0 Å². The SMILES string of the molecule is C=CCCCNCCCOCCN. The van der Waals surface area contributed by atoms with E-state index in [1.54, 1.807) is 0 Å². The third-order valence-corrected chi connectivity index (χ3v) is 1.67. The zero-order valence-corrected chi connectivity index (χ0v) is 8.43. The molecule has 0 aliphatic rings. The van der Waals surface area contributed by atoms with Crippen LogP contribution in [0.4, 0.5) is 0 Å². The van der Waals surface area contributed by atoms with Gasteiger partial charge in [0.2, 0.25) is 0 Å². The molecular formula is C10H22N2O. The second kappa shape index (κ2) is 11.6. The first-order valence-electron chi connectivity index (χ1n) is 5.01. The molecule has 13 heavy (non-hydrogen) atoms. The van der Waals surface area contributed by atoms with E-state index in [-0.39, 0.29) is 0 Å². The minimum absolute atomic E-state index is 0.618. The van der Waals surface area contributed by atoms with Crippen LogP contribution in [0, 0.1) is 0 Å². The minimum atomic E-state index is 0.618. The minimum Gasteiger partial charge on any atom is -0.380 e. The lowest BCUT2D eigenvalue weighted by Crippen LogP contribution is -2.18. The van der Waals surface area contributed by atoms with E-state index in [1.807, 2.05) is 6.08 Å². The summed E-state index contributed by atoms with van der Waals surface area (Å²) in [4.78, 5) is 0. The Morgan fingerprint density at radius 3 is 2.69 bits per heavy atom. The maximum absolute atomic E-state index is 5.27. The van der Waals surface area contributed by atoms with Crippen molar-refractivity contribution in [2.24, 2.45) is 5.73 Å². The van der Waals surface area contributed by atoms with Crippen LogP contribution < -0.4 is 11.1 Å². The van der Waals surface area contributed by atoms with Gasteiger partial charge in [0.1, 0.15) is 0 Å². The van der Waals surface area contributed by atoms with E-state index in [1.165, 1.54) is 6.42 Å². The van der Waals surface area contributed by atoms with Gasteiger partial charge in [-0.15, -0.1) is 6.58 Å². The number of hydrogen-bond acceptors (Lipinski definition) is 3. The molecule has 0 heterocycles. The number of rotatable bonds is 10. The molecule has 0 saturated heterocycles. The number of nitrogens with one attached hydrogen (secondary N) is 1. The highest BCUT2D eigenvalue weighted by Crippen LogP contribution is 1.86. The molecule has 0 atom stereocenters. The molecule has 78 valence electrons. The fourth-order valence-corrected chi connectivity index (χ4v) is 0.981. The van der Waals surface area contributed by atoms with Gasteiger partial charge in [-0.1, -0.05) is 6.08 Å². The highest BCUT2D eigenvalue weighted by Gasteiger charge is 1.88.